The van der Waals surface area contributed by atoms with Crippen LogP contribution < -0.4 is 5.73 Å². The van der Waals surface area contributed by atoms with Crippen molar-refractivity contribution < 1.29 is 9.21 Å². The lowest BCUT2D eigenvalue weighted by atomic mass is 9.84. The van der Waals surface area contributed by atoms with E-state index in [1.165, 1.54) is 0 Å². The molecule has 0 aromatic carbocycles. The zero-order chi connectivity index (χ0) is 13.2. The van der Waals surface area contributed by atoms with Crippen molar-refractivity contribution in [3.8, 4) is 0 Å². The van der Waals surface area contributed by atoms with Crippen molar-refractivity contribution in [2.24, 2.45) is 11.1 Å². The summed E-state index contributed by atoms with van der Waals surface area (Å²) < 4.78 is 5.00. The molecule has 1 heterocycles. The van der Waals surface area contributed by atoms with Gasteiger partial charge in [0.1, 0.15) is 0 Å². The number of thiocarbonyl (C=S) groups is 1. The normalized spacial score (nSPS) is 17.6. The molecule has 1 aromatic heterocycles. The van der Waals surface area contributed by atoms with Crippen LogP contribution in [-0.4, -0.2) is 22.8 Å². The van der Waals surface area contributed by atoms with E-state index < -0.39 is 5.41 Å². The van der Waals surface area contributed by atoms with Crippen molar-refractivity contribution in [1.29, 1.82) is 0 Å². The highest BCUT2D eigenvalue weighted by Crippen LogP contribution is 2.40. The Kier molecular flexibility index (Phi) is 3.71. The zero-order valence-corrected chi connectivity index (χ0v) is 11.3. The largest absolute Gasteiger partial charge is 0.472 e. The Morgan fingerprint density at radius 3 is 2.72 bits per heavy atom. The molecule has 98 valence electrons. The van der Waals surface area contributed by atoms with Crippen LogP contribution in [0.5, 0.6) is 0 Å². The molecule has 18 heavy (non-hydrogen) atoms. The number of hydrogen-bond donors (Lipinski definition) is 1. The van der Waals surface area contributed by atoms with Gasteiger partial charge in [0.2, 0.25) is 5.91 Å². The van der Waals surface area contributed by atoms with Crippen molar-refractivity contribution in [3.05, 3.63) is 24.2 Å². The van der Waals surface area contributed by atoms with Crippen molar-refractivity contribution in [2.45, 2.75) is 32.2 Å². The fraction of sp³-hybridized carbons (Fsp3) is 0.538. The SMILES string of the molecule is CN(Cc1ccoc1)C(=O)C1(C(N)=S)CCCC1. The fourth-order valence-corrected chi connectivity index (χ4v) is 2.93. The quantitative estimate of drug-likeness (QED) is 0.848. The van der Waals surface area contributed by atoms with E-state index in [0.717, 1.165) is 31.2 Å². The Morgan fingerprint density at radius 1 is 1.56 bits per heavy atom. The van der Waals surface area contributed by atoms with E-state index in [1.807, 2.05) is 6.07 Å². The molecule has 1 aliphatic carbocycles. The van der Waals surface area contributed by atoms with Crippen LogP contribution in [0.25, 0.3) is 0 Å². The number of nitrogens with zero attached hydrogens (tertiary/aromatic N) is 1. The van der Waals surface area contributed by atoms with Crippen LogP contribution in [0.1, 0.15) is 31.2 Å². The van der Waals surface area contributed by atoms with Gasteiger partial charge >= 0.3 is 0 Å². The fourth-order valence-electron chi connectivity index (χ4n) is 2.64. The van der Waals surface area contributed by atoms with E-state index in [-0.39, 0.29) is 5.91 Å². The topological polar surface area (TPSA) is 59.5 Å². The third kappa shape index (κ3) is 2.27. The summed E-state index contributed by atoms with van der Waals surface area (Å²) in [5.41, 5.74) is 6.17. The second-order valence-electron chi connectivity index (χ2n) is 4.95. The van der Waals surface area contributed by atoms with Crippen LogP contribution >= 0.6 is 12.2 Å². The van der Waals surface area contributed by atoms with E-state index >= 15 is 0 Å². The summed E-state index contributed by atoms with van der Waals surface area (Å²) in [6.07, 6.45) is 6.83. The second kappa shape index (κ2) is 5.10. The third-order valence-corrected chi connectivity index (χ3v) is 4.08. The van der Waals surface area contributed by atoms with Gasteiger partial charge in [-0.2, -0.15) is 0 Å². The van der Waals surface area contributed by atoms with Gasteiger partial charge in [-0.15, -0.1) is 0 Å². The van der Waals surface area contributed by atoms with Gasteiger partial charge in [0.15, 0.2) is 0 Å². The number of rotatable bonds is 4. The molecule has 2 rings (SSSR count). The molecule has 0 atom stereocenters. The van der Waals surface area contributed by atoms with E-state index in [9.17, 15) is 4.79 Å². The van der Waals surface area contributed by atoms with Crippen molar-refractivity contribution in [1.82, 2.24) is 4.90 Å². The summed E-state index contributed by atoms with van der Waals surface area (Å²) in [7, 11) is 1.79. The van der Waals surface area contributed by atoms with Gasteiger partial charge in [-0.1, -0.05) is 25.1 Å². The van der Waals surface area contributed by atoms with Crippen molar-refractivity contribution >= 4 is 23.1 Å². The lowest BCUT2D eigenvalue weighted by molar-refractivity contribution is -0.137. The molecule has 1 aliphatic rings. The van der Waals surface area contributed by atoms with Crippen LogP contribution in [0.3, 0.4) is 0 Å². The first-order valence-electron chi connectivity index (χ1n) is 6.13. The van der Waals surface area contributed by atoms with Crippen LogP contribution in [0.15, 0.2) is 23.0 Å². The van der Waals surface area contributed by atoms with Crippen molar-refractivity contribution in [3.63, 3.8) is 0 Å². The summed E-state index contributed by atoms with van der Waals surface area (Å²) in [6.45, 7) is 0.527. The zero-order valence-electron chi connectivity index (χ0n) is 10.5. The Bertz CT molecular complexity index is 436. The maximum Gasteiger partial charge on any atom is 0.235 e. The minimum atomic E-state index is -0.617. The van der Waals surface area contributed by atoms with Gasteiger partial charge in [0, 0.05) is 19.2 Å². The predicted molar refractivity (Wildman–Crippen MR) is 72.9 cm³/mol. The monoisotopic (exact) mass is 266 g/mol. The molecule has 1 aromatic rings. The van der Waals surface area contributed by atoms with Gasteiger partial charge in [0.25, 0.3) is 0 Å². The van der Waals surface area contributed by atoms with Crippen LogP contribution in [0, 0.1) is 5.41 Å². The first kappa shape index (κ1) is 13.1. The molecule has 0 unspecified atom stereocenters. The maximum atomic E-state index is 12.6. The summed E-state index contributed by atoms with van der Waals surface area (Å²) in [6, 6.07) is 1.85. The average molecular weight is 266 g/mol. The van der Waals surface area contributed by atoms with Gasteiger partial charge in [-0.3, -0.25) is 4.79 Å². The molecular formula is C13H18N2O2S. The smallest absolute Gasteiger partial charge is 0.235 e. The van der Waals surface area contributed by atoms with Crippen molar-refractivity contribution in [2.75, 3.05) is 7.05 Å². The van der Waals surface area contributed by atoms with Gasteiger partial charge in [-0.25, -0.2) is 0 Å². The molecule has 0 aliphatic heterocycles. The number of furan rings is 1. The molecule has 0 saturated heterocycles. The number of carbonyl (C=O) groups is 1. The standard InChI is InChI=1S/C13H18N2O2S/c1-15(8-10-4-7-17-9-10)12(16)13(11(14)18)5-2-3-6-13/h4,7,9H,2-3,5-6,8H2,1H3,(H2,14,18). The molecular weight excluding hydrogens is 248 g/mol. The highest BCUT2D eigenvalue weighted by atomic mass is 32.1. The Morgan fingerprint density at radius 2 is 2.22 bits per heavy atom. The van der Waals surface area contributed by atoms with Crippen LogP contribution in [0.4, 0.5) is 0 Å². The first-order valence-corrected chi connectivity index (χ1v) is 6.53. The molecule has 1 fully saturated rings. The second-order valence-corrected chi connectivity index (χ2v) is 5.39. The Hall–Kier alpha value is -1.36. The molecule has 0 bridgehead atoms. The highest BCUT2D eigenvalue weighted by Gasteiger charge is 2.45. The van der Waals surface area contributed by atoms with Gasteiger partial charge in [-0.05, 0) is 18.9 Å². The predicted octanol–water partition coefficient (Wildman–Crippen LogP) is 2.08. The van der Waals surface area contributed by atoms with Gasteiger partial charge in [0.05, 0.1) is 22.9 Å². The number of amides is 1. The minimum absolute atomic E-state index is 0.0358. The van der Waals surface area contributed by atoms with Gasteiger partial charge < -0.3 is 15.1 Å². The molecule has 5 heteroatoms. The van der Waals surface area contributed by atoms with E-state index in [2.05, 4.69) is 0 Å². The maximum absolute atomic E-state index is 12.6. The Labute approximate surface area is 112 Å². The van der Waals surface area contributed by atoms with E-state index in [4.69, 9.17) is 22.4 Å². The third-order valence-electron chi connectivity index (χ3n) is 3.68. The molecule has 4 nitrogen and oxygen atoms in total. The molecule has 0 spiro atoms. The number of carbonyl (C=O) groups excluding carboxylic acids is 1. The van der Waals surface area contributed by atoms with Crippen LogP contribution in [-0.2, 0) is 11.3 Å². The van der Waals surface area contributed by atoms with E-state index in [1.54, 1.807) is 24.5 Å². The molecule has 1 saturated carbocycles. The van der Waals surface area contributed by atoms with Crippen LogP contribution in [0.2, 0.25) is 0 Å². The lowest BCUT2D eigenvalue weighted by Crippen LogP contribution is -2.47. The van der Waals surface area contributed by atoms with E-state index in [0.29, 0.717) is 11.5 Å². The number of hydrogen-bond acceptors (Lipinski definition) is 3. The summed E-state index contributed by atoms with van der Waals surface area (Å²) in [5.74, 6) is 0.0358. The average Bonchev–Trinajstić information content (AvgIpc) is 2.98. The molecule has 2 N–H and O–H groups in total. The molecule has 0 radical (unpaired) electrons. The molecule has 1 amide bonds. The summed E-state index contributed by atoms with van der Waals surface area (Å²) >= 11 is 5.12. The summed E-state index contributed by atoms with van der Waals surface area (Å²) in [4.78, 5) is 14.6. The lowest BCUT2D eigenvalue weighted by Gasteiger charge is -2.31. The number of nitrogens with two attached hydrogens (primary N) is 1. The minimum Gasteiger partial charge on any atom is -0.472 e. The Balaban J connectivity index is 2.11. The first-order chi connectivity index (χ1) is 8.56. The summed E-state index contributed by atoms with van der Waals surface area (Å²) in [5, 5.41) is 0. The highest BCUT2D eigenvalue weighted by molar-refractivity contribution is 7.80.